The molecule has 5 rings (SSSR count). The summed E-state index contributed by atoms with van der Waals surface area (Å²) in [6.07, 6.45) is 4.11. The molecule has 0 bridgehead atoms. The Balaban J connectivity index is 1.35. The summed E-state index contributed by atoms with van der Waals surface area (Å²) in [5.74, 6) is -1.21. The second kappa shape index (κ2) is 9.97. The Morgan fingerprint density at radius 3 is 2.31 bits per heavy atom. The molecule has 6 heteroatoms. The molecule has 3 aromatic rings. The summed E-state index contributed by atoms with van der Waals surface area (Å²) >= 11 is 0. The van der Waals surface area contributed by atoms with Gasteiger partial charge in [0.25, 0.3) is 11.8 Å². The number of nitrogens with zero attached hydrogens (tertiary/aromatic N) is 2. The maximum Gasteiger partial charge on any atom is 0.331 e. The molecule has 0 unspecified atom stereocenters. The number of amides is 4. The average molecular weight is 466 g/mol. The number of carbonyl (C=O) groups excluding carboxylic acids is 3. The van der Waals surface area contributed by atoms with Crippen LogP contribution < -0.4 is 10.2 Å². The van der Waals surface area contributed by atoms with E-state index in [0.29, 0.717) is 6.42 Å². The Kier molecular flexibility index (Phi) is 6.44. The van der Waals surface area contributed by atoms with E-state index in [1.165, 1.54) is 16.8 Å². The summed E-state index contributed by atoms with van der Waals surface area (Å²) in [6.45, 7) is 2.04. The number of fused-ring (bicyclic) bond motifs is 1. The van der Waals surface area contributed by atoms with E-state index in [2.05, 4.69) is 40.5 Å². The van der Waals surface area contributed by atoms with E-state index >= 15 is 0 Å². The van der Waals surface area contributed by atoms with Gasteiger partial charge in [-0.05, 0) is 59.7 Å². The van der Waals surface area contributed by atoms with Gasteiger partial charge in [-0.25, -0.2) is 4.79 Å². The monoisotopic (exact) mass is 465 g/mol. The van der Waals surface area contributed by atoms with Crippen molar-refractivity contribution in [1.29, 1.82) is 0 Å². The molecule has 0 saturated carbocycles. The van der Waals surface area contributed by atoms with Gasteiger partial charge in [0.1, 0.15) is 5.57 Å². The second-order valence-electron chi connectivity index (χ2n) is 8.91. The minimum atomic E-state index is -0.671. The zero-order valence-corrected chi connectivity index (χ0v) is 19.4. The lowest BCUT2D eigenvalue weighted by Crippen LogP contribution is -2.54. The first kappa shape index (κ1) is 22.6. The Labute approximate surface area is 204 Å². The first-order valence-corrected chi connectivity index (χ1v) is 11.9. The van der Waals surface area contributed by atoms with Crippen molar-refractivity contribution in [2.24, 2.45) is 0 Å². The SMILES string of the molecule is O=C1NC(=O)N(CCc2ccccc2)C(=O)C1=Cc1ccc2c(c1)CCCN2Cc1ccccc1. The maximum absolute atomic E-state index is 13.1. The Morgan fingerprint density at radius 2 is 1.57 bits per heavy atom. The van der Waals surface area contributed by atoms with Crippen LogP contribution >= 0.6 is 0 Å². The molecule has 0 radical (unpaired) electrons. The second-order valence-corrected chi connectivity index (χ2v) is 8.91. The summed E-state index contributed by atoms with van der Waals surface area (Å²) in [7, 11) is 0. The minimum absolute atomic E-state index is 0.0189. The van der Waals surface area contributed by atoms with Crippen LogP contribution in [0.2, 0.25) is 0 Å². The van der Waals surface area contributed by atoms with Crippen LogP contribution in [0.5, 0.6) is 0 Å². The summed E-state index contributed by atoms with van der Waals surface area (Å²) in [4.78, 5) is 41.4. The van der Waals surface area contributed by atoms with E-state index in [9.17, 15) is 14.4 Å². The van der Waals surface area contributed by atoms with E-state index in [-0.39, 0.29) is 12.1 Å². The molecule has 1 saturated heterocycles. The van der Waals surface area contributed by atoms with Gasteiger partial charge in [0, 0.05) is 25.3 Å². The highest BCUT2D eigenvalue weighted by Crippen LogP contribution is 2.30. The molecule has 1 fully saturated rings. The van der Waals surface area contributed by atoms with Gasteiger partial charge in [-0.1, -0.05) is 66.7 Å². The van der Waals surface area contributed by atoms with E-state index in [4.69, 9.17) is 0 Å². The van der Waals surface area contributed by atoms with Crippen molar-refractivity contribution in [2.45, 2.75) is 25.8 Å². The summed E-state index contributed by atoms with van der Waals surface area (Å²) in [5, 5.41) is 2.31. The number of benzene rings is 3. The number of rotatable bonds is 6. The van der Waals surface area contributed by atoms with E-state index in [1.807, 2.05) is 48.5 Å². The first-order chi connectivity index (χ1) is 17.1. The molecular formula is C29H27N3O3. The number of barbiturate groups is 1. The van der Waals surface area contributed by atoms with Crippen LogP contribution in [-0.2, 0) is 29.0 Å². The number of hydrogen-bond acceptors (Lipinski definition) is 4. The number of aryl methyl sites for hydroxylation is 1. The van der Waals surface area contributed by atoms with Crippen molar-refractivity contribution in [1.82, 2.24) is 10.2 Å². The number of anilines is 1. The molecule has 6 nitrogen and oxygen atoms in total. The maximum atomic E-state index is 13.1. The highest BCUT2D eigenvalue weighted by atomic mass is 16.2. The molecule has 0 aromatic heterocycles. The lowest BCUT2D eigenvalue weighted by molar-refractivity contribution is -0.130. The van der Waals surface area contributed by atoms with E-state index < -0.39 is 17.8 Å². The molecule has 0 aliphatic carbocycles. The number of urea groups is 1. The van der Waals surface area contributed by atoms with Gasteiger partial charge >= 0.3 is 6.03 Å². The van der Waals surface area contributed by atoms with Gasteiger partial charge in [-0.15, -0.1) is 0 Å². The molecule has 176 valence electrons. The van der Waals surface area contributed by atoms with Gasteiger partial charge in [0.05, 0.1) is 0 Å². The lowest BCUT2D eigenvalue weighted by Gasteiger charge is -2.32. The molecule has 35 heavy (non-hydrogen) atoms. The zero-order valence-electron chi connectivity index (χ0n) is 19.4. The fourth-order valence-electron chi connectivity index (χ4n) is 4.70. The Bertz CT molecular complexity index is 1290. The summed E-state index contributed by atoms with van der Waals surface area (Å²) in [6, 6.07) is 25.4. The van der Waals surface area contributed by atoms with Gasteiger partial charge in [-0.2, -0.15) is 0 Å². The largest absolute Gasteiger partial charge is 0.367 e. The zero-order chi connectivity index (χ0) is 24.2. The standard InChI is InChI=1S/C29H27N3O3/c33-27-25(28(34)32(29(35)30-27)17-15-21-8-3-1-4-9-21)19-23-13-14-26-24(18-23)12-7-16-31(26)20-22-10-5-2-6-11-22/h1-6,8-11,13-14,18-19H,7,12,15-17,20H2,(H,30,33,35). The van der Waals surface area contributed by atoms with Crippen LogP contribution in [0.4, 0.5) is 10.5 Å². The molecule has 3 aromatic carbocycles. The van der Waals surface area contributed by atoms with Crippen LogP contribution in [0.3, 0.4) is 0 Å². The van der Waals surface area contributed by atoms with E-state index in [1.54, 1.807) is 6.08 Å². The van der Waals surface area contributed by atoms with Gasteiger partial charge in [0.2, 0.25) is 0 Å². The third-order valence-corrected chi connectivity index (χ3v) is 6.50. The van der Waals surface area contributed by atoms with Crippen molar-refractivity contribution < 1.29 is 14.4 Å². The average Bonchev–Trinajstić information content (AvgIpc) is 2.88. The molecule has 0 spiro atoms. The minimum Gasteiger partial charge on any atom is -0.367 e. The number of nitrogens with one attached hydrogen (secondary N) is 1. The van der Waals surface area contributed by atoms with Crippen molar-refractivity contribution >= 4 is 29.6 Å². The smallest absolute Gasteiger partial charge is 0.331 e. The Morgan fingerprint density at radius 1 is 0.857 bits per heavy atom. The van der Waals surface area contributed by atoms with Crippen LogP contribution in [-0.4, -0.2) is 35.8 Å². The number of hydrogen-bond donors (Lipinski definition) is 1. The molecular weight excluding hydrogens is 438 g/mol. The molecule has 2 aliphatic rings. The van der Waals surface area contributed by atoms with Crippen LogP contribution in [0, 0.1) is 0 Å². The summed E-state index contributed by atoms with van der Waals surface area (Å²) in [5.41, 5.74) is 5.42. The molecule has 2 heterocycles. The van der Waals surface area contributed by atoms with Crippen molar-refractivity contribution in [3.05, 3.63) is 107 Å². The van der Waals surface area contributed by atoms with Crippen molar-refractivity contribution in [3.8, 4) is 0 Å². The normalized spacial score (nSPS) is 16.9. The predicted molar refractivity (Wildman–Crippen MR) is 136 cm³/mol. The van der Waals surface area contributed by atoms with E-state index in [0.717, 1.165) is 42.0 Å². The van der Waals surface area contributed by atoms with Crippen molar-refractivity contribution in [2.75, 3.05) is 18.0 Å². The Hall–Kier alpha value is -4.19. The number of imide groups is 2. The highest BCUT2D eigenvalue weighted by molar-refractivity contribution is 6.31. The van der Waals surface area contributed by atoms with Gasteiger partial charge in [-0.3, -0.25) is 19.8 Å². The van der Waals surface area contributed by atoms with Gasteiger partial charge in [0.15, 0.2) is 0 Å². The third-order valence-electron chi connectivity index (χ3n) is 6.50. The summed E-state index contributed by atoms with van der Waals surface area (Å²) < 4.78 is 0. The van der Waals surface area contributed by atoms with Gasteiger partial charge < -0.3 is 4.90 Å². The fraction of sp³-hybridized carbons (Fsp3) is 0.207. The third kappa shape index (κ3) is 5.01. The van der Waals surface area contributed by atoms with Crippen molar-refractivity contribution in [3.63, 3.8) is 0 Å². The molecule has 0 atom stereocenters. The lowest BCUT2D eigenvalue weighted by atomic mass is 9.97. The molecule has 1 N–H and O–H groups in total. The van der Waals surface area contributed by atoms with Crippen LogP contribution in [0.25, 0.3) is 6.08 Å². The quantitative estimate of drug-likeness (QED) is 0.434. The molecule has 4 amide bonds. The van der Waals surface area contributed by atoms with Crippen LogP contribution in [0.15, 0.2) is 84.4 Å². The first-order valence-electron chi connectivity index (χ1n) is 11.9. The highest BCUT2D eigenvalue weighted by Gasteiger charge is 2.35. The fourth-order valence-corrected chi connectivity index (χ4v) is 4.70. The topological polar surface area (TPSA) is 69.7 Å². The molecule has 2 aliphatic heterocycles. The predicted octanol–water partition coefficient (Wildman–Crippen LogP) is 4.34. The van der Waals surface area contributed by atoms with Crippen LogP contribution in [0.1, 0.15) is 28.7 Å². The number of carbonyl (C=O) groups is 3.